The molecule has 0 radical (unpaired) electrons. The summed E-state index contributed by atoms with van der Waals surface area (Å²) in [6, 6.07) is 13.7. The zero-order valence-electron chi connectivity index (χ0n) is 18.1. The average Bonchev–Trinajstić information content (AvgIpc) is 2.88. The molecule has 11 nitrogen and oxygen atoms in total. The number of hydrogen-bond donors (Lipinski definition) is 4. The number of carboxylic acids is 4. The molecule has 0 bridgehead atoms. The van der Waals surface area contributed by atoms with Gasteiger partial charge in [-0.05, 0) is 60.2 Å². The molecule has 0 aliphatic carbocycles. The Balaban J connectivity index is 1.64. The molecule has 0 unspecified atom stereocenters. The van der Waals surface area contributed by atoms with Gasteiger partial charge in [0.1, 0.15) is 5.69 Å². The van der Waals surface area contributed by atoms with Crippen molar-refractivity contribution >= 4 is 23.9 Å². The molecule has 4 aromatic rings. The maximum atomic E-state index is 11.4. The van der Waals surface area contributed by atoms with Gasteiger partial charge in [0.2, 0.25) is 0 Å². The topological polar surface area (TPSA) is 188 Å². The van der Waals surface area contributed by atoms with Crippen LogP contribution in [0.1, 0.15) is 41.4 Å². The van der Waals surface area contributed by atoms with Crippen LogP contribution in [0.3, 0.4) is 0 Å². The molecular weight excluding hydrogens is 470 g/mol. The molecule has 0 atom stereocenters. The van der Waals surface area contributed by atoms with Crippen LogP contribution in [0.25, 0.3) is 33.8 Å². The second-order valence-electron chi connectivity index (χ2n) is 7.55. The number of aromatic nitrogens is 3. The van der Waals surface area contributed by atoms with E-state index in [-0.39, 0.29) is 33.5 Å². The fourth-order valence-electron chi connectivity index (χ4n) is 3.40. The van der Waals surface area contributed by atoms with Crippen molar-refractivity contribution in [3.8, 4) is 33.8 Å². The highest BCUT2D eigenvalue weighted by atomic mass is 16.4. The average molecular weight is 485 g/mol. The standard InChI is InChI=1S/C25H15N3O8/c29-22(30)15-5-13(6-16(9-15)23(31)32)12-1-2-20(26-11-12)21-4-3-19(27-28-21)14-7-17(24(33)34)10-18(8-14)25(35)36/h1-11H,(H,29,30)(H,31,32)(H,33,34)(H,35,36). The number of hydrogen-bond acceptors (Lipinski definition) is 7. The van der Waals surface area contributed by atoms with Crippen LogP contribution in [0.5, 0.6) is 0 Å². The third-order valence-corrected chi connectivity index (χ3v) is 5.17. The van der Waals surface area contributed by atoms with E-state index in [2.05, 4.69) is 15.2 Å². The molecule has 178 valence electrons. The van der Waals surface area contributed by atoms with Gasteiger partial charge in [-0.15, -0.1) is 10.2 Å². The van der Waals surface area contributed by atoms with Crippen LogP contribution in [0.2, 0.25) is 0 Å². The minimum atomic E-state index is -1.28. The zero-order chi connectivity index (χ0) is 26.0. The molecule has 4 N–H and O–H groups in total. The van der Waals surface area contributed by atoms with Crippen molar-refractivity contribution in [2.45, 2.75) is 0 Å². The van der Waals surface area contributed by atoms with Gasteiger partial charge in [-0.3, -0.25) is 4.98 Å². The first-order valence-electron chi connectivity index (χ1n) is 10.2. The Morgan fingerprint density at radius 2 is 0.889 bits per heavy atom. The van der Waals surface area contributed by atoms with Crippen LogP contribution < -0.4 is 0 Å². The van der Waals surface area contributed by atoms with Crippen LogP contribution >= 0.6 is 0 Å². The van der Waals surface area contributed by atoms with Crippen LogP contribution in [0, 0.1) is 0 Å². The van der Waals surface area contributed by atoms with Crippen molar-refractivity contribution in [2.24, 2.45) is 0 Å². The lowest BCUT2D eigenvalue weighted by atomic mass is 10.0. The molecule has 2 heterocycles. The fourth-order valence-corrected chi connectivity index (χ4v) is 3.40. The summed E-state index contributed by atoms with van der Waals surface area (Å²) in [6.07, 6.45) is 1.44. The highest BCUT2D eigenvalue weighted by Gasteiger charge is 2.15. The largest absolute Gasteiger partial charge is 0.478 e. The van der Waals surface area contributed by atoms with E-state index in [1.54, 1.807) is 24.3 Å². The highest BCUT2D eigenvalue weighted by Crippen LogP contribution is 2.26. The number of nitrogens with zero attached hydrogens (tertiary/aromatic N) is 3. The predicted molar refractivity (Wildman–Crippen MR) is 124 cm³/mol. The molecule has 0 saturated carbocycles. The molecule has 0 aliphatic heterocycles. The van der Waals surface area contributed by atoms with Crippen molar-refractivity contribution < 1.29 is 39.6 Å². The third-order valence-electron chi connectivity index (χ3n) is 5.17. The third kappa shape index (κ3) is 4.89. The Bertz CT molecular complexity index is 1350. The van der Waals surface area contributed by atoms with Gasteiger partial charge in [0.25, 0.3) is 0 Å². The first-order valence-corrected chi connectivity index (χ1v) is 10.2. The molecule has 4 rings (SSSR count). The predicted octanol–water partition coefficient (Wildman–Crippen LogP) is 3.67. The Kier molecular flexibility index (Phi) is 6.21. The molecule has 0 amide bonds. The Labute approximate surface area is 202 Å². The fraction of sp³-hybridized carbons (Fsp3) is 0. The zero-order valence-corrected chi connectivity index (χ0v) is 18.1. The maximum absolute atomic E-state index is 11.4. The van der Waals surface area contributed by atoms with Crippen molar-refractivity contribution in [1.82, 2.24) is 15.2 Å². The molecule has 0 aliphatic rings. The van der Waals surface area contributed by atoms with E-state index in [4.69, 9.17) is 0 Å². The van der Waals surface area contributed by atoms with Crippen LogP contribution in [-0.4, -0.2) is 59.5 Å². The quantitative estimate of drug-likeness (QED) is 0.299. The second kappa shape index (κ2) is 9.43. The molecule has 2 aromatic carbocycles. The van der Waals surface area contributed by atoms with Crippen molar-refractivity contribution in [2.75, 3.05) is 0 Å². The molecule has 11 heteroatoms. The molecule has 36 heavy (non-hydrogen) atoms. The van der Waals surface area contributed by atoms with E-state index in [1.165, 1.54) is 30.5 Å². The van der Waals surface area contributed by atoms with E-state index in [0.717, 1.165) is 12.1 Å². The van der Waals surface area contributed by atoms with Crippen molar-refractivity contribution in [3.63, 3.8) is 0 Å². The van der Waals surface area contributed by atoms with Crippen LogP contribution in [-0.2, 0) is 0 Å². The smallest absolute Gasteiger partial charge is 0.335 e. The second-order valence-corrected chi connectivity index (χ2v) is 7.55. The molecule has 0 spiro atoms. The molecule has 0 fully saturated rings. The van der Waals surface area contributed by atoms with E-state index in [9.17, 15) is 39.6 Å². The number of carboxylic acid groups (broad SMARTS) is 4. The van der Waals surface area contributed by atoms with E-state index in [1.807, 2.05) is 0 Å². The van der Waals surface area contributed by atoms with Crippen molar-refractivity contribution in [3.05, 3.63) is 89.1 Å². The van der Waals surface area contributed by atoms with Gasteiger partial charge in [-0.2, -0.15) is 0 Å². The molecule has 0 saturated heterocycles. The normalized spacial score (nSPS) is 10.6. The van der Waals surface area contributed by atoms with Gasteiger partial charge in [-0.1, -0.05) is 6.07 Å². The lowest BCUT2D eigenvalue weighted by molar-refractivity contribution is 0.0676. The number of benzene rings is 2. The first-order chi connectivity index (χ1) is 17.1. The Morgan fingerprint density at radius 3 is 1.28 bits per heavy atom. The van der Waals surface area contributed by atoms with Gasteiger partial charge in [0, 0.05) is 17.3 Å². The van der Waals surface area contributed by atoms with E-state index in [0.29, 0.717) is 22.5 Å². The summed E-state index contributed by atoms with van der Waals surface area (Å²) >= 11 is 0. The summed E-state index contributed by atoms with van der Waals surface area (Å²) in [7, 11) is 0. The van der Waals surface area contributed by atoms with Gasteiger partial charge in [0.05, 0.1) is 33.6 Å². The number of pyridine rings is 1. The minimum Gasteiger partial charge on any atom is -0.478 e. The Morgan fingerprint density at radius 1 is 0.472 bits per heavy atom. The first kappa shape index (κ1) is 23.7. The van der Waals surface area contributed by atoms with Gasteiger partial charge in [-0.25, -0.2) is 19.2 Å². The van der Waals surface area contributed by atoms with Gasteiger partial charge < -0.3 is 20.4 Å². The number of carbonyl (C=O) groups is 4. The monoisotopic (exact) mass is 485 g/mol. The summed E-state index contributed by atoms with van der Waals surface area (Å²) in [5, 5.41) is 45.2. The lowest BCUT2D eigenvalue weighted by Crippen LogP contribution is -2.03. The summed E-state index contributed by atoms with van der Waals surface area (Å²) in [5.41, 5.74) is 1.40. The highest BCUT2D eigenvalue weighted by molar-refractivity contribution is 5.97. The van der Waals surface area contributed by atoms with Crippen LogP contribution in [0.15, 0.2) is 66.9 Å². The summed E-state index contributed by atoms with van der Waals surface area (Å²) in [5.74, 6) is -5.08. The van der Waals surface area contributed by atoms with E-state index >= 15 is 0 Å². The minimum absolute atomic E-state index is 0.173. The van der Waals surface area contributed by atoms with Gasteiger partial charge in [0.15, 0.2) is 0 Å². The number of rotatable bonds is 7. The SMILES string of the molecule is O=C(O)c1cc(C(=O)O)cc(-c2ccc(-c3ccc(-c4cc(C(=O)O)cc(C(=O)O)c4)nn3)nc2)c1. The summed E-state index contributed by atoms with van der Waals surface area (Å²) < 4.78 is 0. The summed E-state index contributed by atoms with van der Waals surface area (Å²) in [6.45, 7) is 0. The molecule has 2 aromatic heterocycles. The van der Waals surface area contributed by atoms with Crippen LogP contribution in [0.4, 0.5) is 0 Å². The van der Waals surface area contributed by atoms with Crippen molar-refractivity contribution in [1.29, 1.82) is 0 Å². The number of aromatic carboxylic acids is 4. The Hall–Kier alpha value is -5.45. The van der Waals surface area contributed by atoms with E-state index < -0.39 is 23.9 Å². The maximum Gasteiger partial charge on any atom is 0.335 e. The lowest BCUT2D eigenvalue weighted by Gasteiger charge is -2.07. The van der Waals surface area contributed by atoms with Gasteiger partial charge >= 0.3 is 23.9 Å². The molecular formula is C25H15N3O8. The summed E-state index contributed by atoms with van der Waals surface area (Å²) in [4.78, 5) is 49.7.